The Morgan fingerprint density at radius 3 is 2.92 bits per heavy atom. The summed E-state index contributed by atoms with van der Waals surface area (Å²) in [5.74, 6) is 0.305. The van der Waals surface area contributed by atoms with Crippen LogP contribution in [-0.2, 0) is 17.9 Å². The van der Waals surface area contributed by atoms with Gasteiger partial charge in [0.05, 0.1) is 24.3 Å². The highest BCUT2D eigenvalue weighted by molar-refractivity contribution is 6.31. The van der Waals surface area contributed by atoms with E-state index in [9.17, 15) is 9.50 Å². The van der Waals surface area contributed by atoms with Gasteiger partial charge in [-0.05, 0) is 18.2 Å². The van der Waals surface area contributed by atoms with Crippen LogP contribution in [0.2, 0.25) is 5.02 Å². The molecular weight excluding hydrogens is 345 g/mol. The molecule has 0 unspecified atom stereocenters. The summed E-state index contributed by atoms with van der Waals surface area (Å²) < 4.78 is 25.1. The van der Waals surface area contributed by atoms with Gasteiger partial charge in [-0.15, -0.1) is 0 Å². The second-order valence-electron chi connectivity index (χ2n) is 6.06. The monoisotopic (exact) mass is 365 g/mol. The number of rotatable bonds is 5. The van der Waals surface area contributed by atoms with Crippen LogP contribution in [-0.4, -0.2) is 42.4 Å². The molecule has 3 rings (SSSR count). The Labute approximate surface area is 151 Å². The first-order valence-corrected chi connectivity index (χ1v) is 8.63. The molecule has 1 atom stereocenters. The summed E-state index contributed by atoms with van der Waals surface area (Å²) in [5, 5.41) is 10.2. The molecule has 1 aliphatic heterocycles. The van der Waals surface area contributed by atoms with E-state index in [1.807, 2.05) is 24.3 Å². The average Bonchev–Trinajstić information content (AvgIpc) is 2.80. The lowest BCUT2D eigenvalue weighted by Gasteiger charge is -2.22. The highest BCUT2D eigenvalue weighted by Gasteiger charge is 2.18. The van der Waals surface area contributed by atoms with Crippen LogP contribution in [0.5, 0.6) is 5.75 Å². The number of aliphatic hydroxyl groups excluding tert-OH is 1. The molecule has 6 heteroatoms. The lowest BCUT2D eigenvalue weighted by Crippen LogP contribution is -2.32. The molecule has 25 heavy (non-hydrogen) atoms. The molecule has 1 fully saturated rings. The standard InChI is InChI=1S/C19H21ClFNO3/c20-17-5-3-6-18(21)16(17)13-25-19-7-2-1-4-14(19)10-22-8-9-24-12-15(23)11-22/h1-7,15,23H,8-13H2/t15-/m0/s1. The molecule has 0 spiro atoms. The fourth-order valence-corrected chi connectivity index (χ4v) is 3.05. The third-order valence-electron chi connectivity index (χ3n) is 4.13. The summed E-state index contributed by atoms with van der Waals surface area (Å²) >= 11 is 6.06. The van der Waals surface area contributed by atoms with Crippen molar-refractivity contribution in [2.75, 3.05) is 26.3 Å². The maximum Gasteiger partial charge on any atom is 0.131 e. The number of halogens is 2. The van der Waals surface area contributed by atoms with Gasteiger partial charge in [-0.1, -0.05) is 35.9 Å². The summed E-state index contributed by atoms with van der Waals surface area (Å²) in [6.07, 6.45) is -0.493. The third-order valence-corrected chi connectivity index (χ3v) is 4.49. The van der Waals surface area contributed by atoms with E-state index in [4.69, 9.17) is 21.1 Å². The van der Waals surface area contributed by atoms with Gasteiger partial charge in [0.1, 0.15) is 18.2 Å². The minimum absolute atomic E-state index is 0.0637. The molecule has 0 amide bonds. The van der Waals surface area contributed by atoms with Gasteiger partial charge in [0.15, 0.2) is 0 Å². The first kappa shape index (κ1) is 18.1. The maximum absolute atomic E-state index is 13.9. The van der Waals surface area contributed by atoms with Gasteiger partial charge >= 0.3 is 0 Å². The van der Waals surface area contributed by atoms with Crippen molar-refractivity contribution >= 4 is 11.6 Å². The van der Waals surface area contributed by atoms with E-state index in [0.717, 1.165) is 12.1 Å². The van der Waals surface area contributed by atoms with E-state index in [2.05, 4.69) is 4.90 Å². The molecule has 2 aromatic rings. The molecule has 0 bridgehead atoms. The van der Waals surface area contributed by atoms with Crippen molar-refractivity contribution in [3.05, 3.63) is 64.4 Å². The van der Waals surface area contributed by atoms with E-state index in [0.29, 0.717) is 42.6 Å². The van der Waals surface area contributed by atoms with Crippen LogP contribution in [0, 0.1) is 5.82 Å². The summed E-state index contributed by atoms with van der Waals surface area (Å²) in [7, 11) is 0. The molecule has 1 aliphatic rings. The predicted molar refractivity (Wildman–Crippen MR) is 94.3 cm³/mol. The number of nitrogens with zero attached hydrogens (tertiary/aromatic N) is 1. The van der Waals surface area contributed by atoms with Crippen molar-refractivity contribution in [3.63, 3.8) is 0 Å². The number of β-amino-alcohol motifs (C(OH)–C–C–N with tert-alkyl or cyclic N) is 1. The summed E-state index contributed by atoms with van der Waals surface area (Å²) in [4.78, 5) is 2.12. The number of hydrogen-bond acceptors (Lipinski definition) is 4. The zero-order valence-electron chi connectivity index (χ0n) is 13.8. The van der Waals surface area contributed by atoms with Crippen LogP contribution in [0.1, 0.15) is 11.1 Å². The smallest absolute Gasteiger partial charge is 0.131 e. The van der Waals surface area contributed by atoms with Crippen molar-refractivity contribution in [2.45, 2.75) is 19.3 Å². The van der Waals surface area contributed by atoms with Gasteiger partial charge < -0.3 is 14.6 Å². The SMILES string of the molecule is O[C@@H]1COCCN(Cc2ccccc2OCc2c(F)cccc2Cl)C1. The van der Waals surface area contributed by atoms with Crippen LogP contribution < -0.4 is 4.74 Å². The Hall–Kier alpha value is -1.66. The van der Waals surface area contributed by atoms with Gasteiger partial charge in [-0.3, -0.25) is 4.90 Å². The summed E-state index contributed by atoms with van der Waals surface area (Å²) in [6, 6.07) is 12.2. The first-order valence-electron chi connectivity index (χ1n) is 8.25. The molecule has 1 saturated heterocycles. The van der Waals surface area contributed by atoms with Crippen molar-refractivity contribution in [2.24, 2.45) is 0 Å². The van der Waals surface area contributed by atoms with Crippen LogP contribution in [0.4, 0.5) is 4.39 Å². The van der Waals surface area contributed by atoms with Crippen molar-refractivity contribution < 1.29 is 19.0 Å². The van der Waals surface area contributed by atoms with Crippen LogP contribution >= 0.6 is 11.6 Å². The fraction of sp³-hybridized carbons (Fsp3) is 0.368. The highest BCUT2D eigenvalue weighted by Crippen LogP contribution is 2.25. The molecule has 0 aliphatic carbocycles. The Kier molecular flexibility index (Phi) is 6.26. The van der Waals surface area contributed by atoms with E-state index in [-0.39, 0.29) is 12.4 Å². The Morgan fingerprint density at radius 2 is 2.08 bits per heavy atom. The van der Waals surface area contributed by atoms with Crippen molar-refractivity contribution in [1.29, 1.82) is 0 Å². The van der Waals surface area contributed by atoms with Gasteiger partial charge in [0.25, 0.3) is 0 Å². The number of hydrogen-bond donors (Lipinski definition) is 1. The van der Waals surface area contributed by atoms with E-state index >= 15 is 0 Å². The number of para-hydroxylation sites is 1. The molecule has 1 heterocycles. The molecule has 1 N–H and O–H groups in total. The fourth-order valence-electron chi connectivity index (χ4n) is 2.83. The van der Waals surface area contributed by atoms with Gasteiger partial charge in [-0.2, -0.15) is 0 Å². The topological polar surface area (TPSA) is 41.9 Å². The molecule has 4 nitrogen and oxygen atoms in total. The Morgan fingerprint density at radius 1 is 1.24 bits per heavy atom. The second kappa shape index (κ2) is 8.63. The molecule has 0 radical (unpaired) electrons. The highest BCUT2D eigenvalue weighted by atomic mass is 35.5. The van der Waals surface area contributed by atoms with Gasteiger partial charge in [-0.25, -0.2) is 4.39 Å². The molecule has 0 saturated carbocycles. The Bertz CT molecular complexity index is 693. The third kappa shape index (κ3) is 4.92. The first-order chi connectivity index (χ1) is 12.1. The predicted octanol–water partition coefficient (Wildman–Crippen LogP) is 3.25. The lowest BCUT2D eigenvalue weighted by molar-refractivity contribution is 0.0562. The molecule has 2 aromatic carbocycles. The molecule has 0 aromatic heterocycles. The van der Waals surface area contributed by atoms with Crippen molar-refractivity contribution in [1.82, 2.24) is 4.90 Å². The minimum Gasteiger partial charge on any atom is -0.488 e. The van der Waals surface area contributed by atoms with Crippen molar-refractivity contribution in [3.8, 4) is 5.75 Å². The summed E-state index contributed by atoms with van der Waals surface area (Å²) in [5.41, 5.74) is 1.32. The zero-order chi connectivity index (χ0) is 17.6. The zero-order valence-corrected chi connectivity index (χ0v) is 14.6. The minimum atomic E-state index is -0.493. The average molecular weight is 366 g/mol. The largest absolute Gasteiger partial charge is 0.488 e. The Balaban J connectivity index is 1.70. The number of aliphatic hydroxyl groups is 1. The van der Waals surface area contributed by atoms with E-state index in [1.165, 1.54) is 6.07 Å². The maximum atomic E-state index is 13.9. The van der Waals surface area contributed by atoms with Crippen LogP contribution in [0.3, 0.4) is 0 Å². The quantitative estimate of drug-likeness (QED) is 0.883. The molecule has 134 valence electrons. The number of benzene rings is 2. The van der Waals surface area contributed by atoms with Crippen LogP contribution in [0.15, 0.2) is 42.5 Å². The van der Waals surface area contributed by atoms with Crippen LogP contribution in [0.25, 0.3) is 0 Å². The number of ether oxygens (including phenoxy) is 2. The summed E-state index contributed by atoms with van der Waals surface area (Å²) in [6.45, 7) is 2.93. The van der Waals surface area contributed by atoms with Gasteiger partial charge in [0.2, 0.25) is 0 Å². The van der Waals surface area contributed by atoms with E-state index in [1.54, 1.807) is 12.1 Å². The second-order valence-corrected chi connectivity index (χ2v) is 6.47. The van der Waals surface area contributed by atoms with E-state index < -0.39 is 6.10 Å². The van der Waals surface area contributed by atoms with Gasteiger partial charge in [0, 0.05) is 30.8 Å². The normalized spacial score (nSPS) is 18.8. The lowest BCUT2D eigenvalue weighted by atomic mass is 10.1. The molecular formula is C19H21ClFNO3.